The van der Waals surface area contributed by atoms with Gasteiger partial charge in [-0.15, -0.1) is 0 Å². The number of hydrogen-bond acceptors (Lipinski definition) is 3. The van der Waals surface area contributed by atoms with Crippen LogP contribution in [0.3, 0.4) is 0 Å². The zero-order valence-electron chi connectivity index (χ0n) is 12.0. The molecule has 0 heterocycles. The van der Waals surface area contributed by atoms with Gasteiger partial charge in [-0.3, -0.25) is 9.59 Å². The Balaban J connectivity index is 2.35. The van der Waals surface area contributed by atoms with Crippen molar-refractivity contribution >= 4 is 28.3 Å². The van der Waals surface area contributed by atoms with Crippen LogP contribution in [0.4, 0.5) is 5.69 Å². The van der Waals surface area contributed by atoms with Gasteiger partial charge in [0.15, 0.2) is 0 Å². The number of benzene rings is 2. The van der Waals surface area contributed by atoms with E-state index in [1.165, 1.54) is 4.90 Å². The number of amides is 2. The van der Waals surface area contributed by atoms with Gasteiger partial charge in [-0.05, 0) is 18.4 Å². The summed E-state index contributed by atoms with van der Waals surface area (Å²) in [7, 11) is 0. The molecule has 0 fully saturated rings. The van der Waals surface area contributed by atoms with Crippen molar-refractivity contribution in [2.75, 3.05) is 24.5 Å². The van der Waals surface area contributed by atoms with Crippen molar-refractivity contribution in [3.8, 4) is 0 Å². The second kappa shape index (κ2) is 6.85. The van der Waals surface area contributed by atoms with E-state index in [-0.39, 0.29) is 6.54 Å². The molecule has 2 aromatic carbocycles. The Morgan fingerprint density at radius 1 is 1.14 bits per heavy atom. The number of nitrogens with zero attached hydrogens (tertiary/aromatic N) is 1. The molecule has 0 saturated heterocycles. The highest BCUT2D eigenvalue weighted by atomic mass is 16.2. The number of hydrogen-bond donors (Lipinski definition) is 2. The Labute approximate surface area is 123 Å². The van der Waals surface area contributed by atoms with Crippen LogP contribution in [-0.2, 0) is 9.59 Å². The summed E-state index contributed by atoms with van der Waals surface area (Å²) in [4.78, 5) is 25.6. The summed E-state index contributed by atoms with van der Waals surface area (Å²) in [5.74, 6) is -1.20. The number of nitrogens with two attached hydrogens (primary N) is 1. The molecule has 21 heavy (non-hydrogen) atoms. The van der Waals surface area contributed by atoms with Gasteiger partial charge in [0.1, 0.15) is 0 Å². The molecular formula is C16H19N3O2. The largest absolute Gasteiger partial charge is 0.347 e. The van der Waals surface area contributed by atoms with Crippen LogP contribution in [0.1, 0.15) is 6.92 Å². The predicted molar refractivity (Wildman–Crippen MR) is 84.0 cm³/mol. The van der Waals surface area contributed by atoms with E-state index in [4.69, 9.17) is 5.73 Å². The smallest absolute Gasteiger partial charge is 0.316 e. The monoisotopic (exact) mass is 285 g/mol. The molecule has 110 valence electrons. The van der Waals surface area contributed by atoms with Crippen molar-refractivity contribution in [3.63, 3.8) is 0 Å². The molecule has 0 aromatic heterocycles. The van der Waals surface area contributed by atoms with Crippen LogP contribution in [0, 0.1) is 0 Å². The van der Waals surface area contributed by atoms with Crippen LogP contribution in [0.15, 0.2) is 42.5 Å². The third-order valence-electron chi connectivity index (χ3n) is 3.24. The third-order valence-corrected chi connectivity index (χ3v) is 3.24. The van der Waals surface area contributed by atoms with Crippen molar-refractivity contribution in [2.45, 2.75) is 6.92 Å². The highest BCUT2D eigenvalue weighted by Gasteiger charge is 2.22. The zero-order chi connectivity index (χ0) is 15.2. The Morgan fingerprint density at radius 3 is 2.57 bits per heavy atom. The van der Waals surface area contributed by atoms with Gasteiger partial charge in [0.25, 0.3) is 0 Å². The van der Waals surface area contributed by atoms with Crippen molar-refractivity contribution in [2.24, 2.45) is 5.73 Å². The van der Waals surface area contributed by atoms with Crippen LogP contribution in [-0.4, -0.2) is 31.4 Å². The Bertz CT molecular complexity index is 650. The second-order valence-corrected chi connectivity index (χ2v) is 4.59. The summed E-state index contributed by atoms with van der Waals surface area (Å²) >= 11 is 0. The van der Waals surface area contributed by atoms with E-state index in [0.29, 0.717) is 13.1 Å². The first-order valence-electron chi connectivity index (χ1n) is 6.96. The molecule has 0 atom stereocenters. The Hall–Kier alpha value is -2.40. The zero-order valence-corrected chi connectivity index (χ0v) is 12.0. The molecule has 0 radical (unpaired) electrons. The molecular weight excluding hydrogens is 266 g/mol. The van der Waals surface area contributed by atoms with Gasteiger partial charge in [0, 0.05) is 25.0 Å². The number of anilines is 1. The maximum Gasteiger partial charge on any atom is 0.316 e. The van der Waals surface area contributed by atoms with Crippen LogP contribution >= 0.6 is 0 Å². The fraction of sp³-hybridized carbons (Fsp3) is 0.250. The van der Waals surface area contributed by atoms with E-state index in [9.17, 15) is 9.59 Å². The van der Waals surface area contributed by atoms with Crippen LogP contribution in [0.25, 0.3) is 10.8 Å². The van der Waals surface area contributed by atoms with Gasteiger partial charge in [-0.2, -0.15) is 0 Å². The molecule has 0 aliphatic heterocycles. The number of carbonyl (C=O) groups is 2. The Morgan fingerprint density at radius 2 is 1.86 bits per heavy atom. The molecule has 0 unspecified atom stereocenters. The first-order chi connectivity index (χ1) is 10.2. The van der Waals surface area contributed by atoms with E-state index in [0.717, 1.165) is 16.5 Å². The molecule has 0 saturated carbocycles. The average Bonchev–Trinajstić information content (AvgIpc) is 2.53. The van der Waals surface area contributed by atoms with Crippen molar-refractivity contribution in [3.05, 3.63) is 42.5 Å². The van der Waals surface area contributed by atoms with Gasteiger partial charge < -0.3 is 16.0 Å². The first kappa shape index (κ1) is 15.0. The summed E-state index contributed by atoms with van der Waals surface area (Å²) in [6.45, 7) is 2.86. The van der Waals surface area contributed by atoms with E-state index in [2.05, 4.69) is 5.32 Å². The maximum absolute atomic E-state index is 12.3. The van der Waals surface area contributed by atoms with Gasteiger partial charge in [-0.1, -0.05) is 36.4 Å². The highest BCUT2D eigenvalue weighted by Crippen LogP contribution is 2.26. The molecule has 2 amide bonds. The SMILES string of the molecule is CCN(C(=O)C(=O)NCCN)c1cccc2ccccc12. The highest BCUT2D eigenvalue weighted by molar-refractivity contribution is 6.41. The topological polar surface area (TPSA) is 75.4 Å². The van der Waals surface area contributed by atoms with E-state index >= 15 is 0 Å². The fourth-order valence-corrected chi connectivity index (χ4v) is 2.25. The lowest BCUT2D eigenvalue weighted by atomic mass is 10.1. The summed E-state index contributed by atoms with van der Waals surface area (Å²) < 4.78 is 0. The lowest BCUT2D eigenvalue weighted by Crippen LogP contribution is -2.44. The van der Waals surface area contributed by atoms with Gasteiger partial charge in [0.05, 0.1) is 5.69 Å². The second-order valence-electron chi connectivity index (χ2n) is 4.59. The van der Waals surface area contributed by atoms with Gasteiger partial charge in [0.2, 0.25) is 0 Å². The fourth-order valence-electron chi connectivity index (χ4n) is 2.25. The lowest BCUT2D eigenvalue weighted by Gasteiger charge is -2.22. The van der Waals surface area contributed by atoms with Gasteiger partial charge in [-0.25, -0.2) is 0 Å². The normalized spacial score (nSPS) is 10.4. The van der Waals surface area contributed by atoms with Crippen LogP contribution in [0.2, 0.25) is 0 Å². The summed E-state index contributed by atoms with van der Waals surface area (Å²) in [5.41, 5.74) is 6.07. The number of rotatable bonds is 4. The average molecular weight is 285 g/mol. The Kier molecular flexibility index (Phi) is 4.90. The number of carbonyl (C=O) groups excluding carboxylic acids is 2. The predicted octanol–water partition coefficient (Wildman–Crippen LogP) is 1.27. The van der Waals surface area contributed by atoms with E-state index in [1.807, 2.05) is 49.4 Å². The van der Waals surface area contributed by atoms with E-state index < -0.39 is 11.8 Å². The standard InChI is InChI=1S/C16H19N3O2/c1-2-19(16(21)15(20)18-11-10-17)14-9-5-7-12-6-3-4-8-13(12)14/h3-9H,2,10-11,17H2,1H3,(H,18,20). The molecule has 0 spiro atoms. The van der Waals surface area contributed by atoms with E-state index in [1.54, 1.807) is 0 Å². The molecule has 0 aliphatic carbocycles. The van der Waals surface area contributed by atoms with Crippen molar-refractivity contribution in [1.82, 2.24) is 5.32 Å². The van der Waals surface area contributed by atoms with Crippen molar-refractivity contribution < 1.29 is 9.59 Å². The maximum atomic E-state index is 12.3. The minimum absolute atomic E-state index is 0.289. The summed E-state index contributed by atoms with van der Waals surface area (Å²) in [6.07, 6.45) is 0. The van der Waals surface area contributed by atoms with Crippen molar-refractivity contribution in [1.29, 1.82) is 0 Å². The number of likely N-dealkylation sites (N-methyl/N-ethyl adjacent to an activating group) is 1. The molecule has 0 aliphatic rings. The quantitative estimate of drug-likeness (QED) is 0.831. The molecule has 2 aromatic rings. The lowest BCUT2D eigenvalue weighted by molar-refractivity contribution is -0.137. The minimum Gasteiger partial charge on any atom is -0.347 e. The third kappa shape index (κ3) is 3.20. The summed E-state index contributed by atoms with van der Waals surface area (Å²) in [6, 6.07) is 13.5. The van der Waals surface area contributed by atoms with Crippen LogP contribution in [0.5, 0.6) is 0 Å². The summed E-state index contributed by atoms with van der Waals surface area (Å²) in [5, 5.41) is 4.49. The molecule has 5 nitrogen and oxygen atoms in total. The number of fused-ring (bicyclic) bond motifs is 1. The molecule has 5 heteroatoms. The van der Waals surface area contributed by atoms with Gasteiger partial charge >= 0.3 is 11.8 Å². The number of nitrogens with one attached hydrogen (secondary N) is 1. The molecule has 0 bridgehead atoms. The molecule has 3 N–H and O–H groups in total. The minimum atomic E-state index is -0.629. The molecule has 2 rings (SSSR count). The first-order valence-corrected chi connectivity index (χ1v) is 6.96. The van der Waals surface area contributed by atoms with Crippen LogP contribution < -0.4 is 16.0 Å².